The maximum absolute atomic E-state index is 10.6. The Morgan fingerprint density at radius 2 is 1.94 bits per heavy atom. The number of hydrogen-bond donors (Lipinski definition) is 1. The molecule has 1 aromatic carbocycles. The Kier molecular flexibility index (Phi) is 5.98. The zero-order valence-corrected chi connectivity index (χ0v) is 11.0. The van der Waals surface area contributed by atoms with Crippen LogP contribution in [0, 0.1) is 0 Å². The van der Waals surface area contributed by atoms with Gasteiger partial charge < -0.3 is 9.84 Å². The summed E-state index contributed by atoms with van der Waals surface area (Å²) in [7, 11) is 0. The van der Waals surface area contributed by atoms with Crippen LogP contribution in [-0.4, -0.2) is 17.7 Å². The van der Waals surface area contributed by atoms with Gasteiger partial charge in [-0.3, -0.25) is 4.79 Å². The maximum atomic E-state index is 10.6. The third-order valence-electron chi connectivity index (χ3n) is 2.58. The number of ether oxygens (including phenoxy) is 1. The molecule has 1 N–H and O–H groups in total. The monoisotopic (exact) mass is 248 g/mol. The van der Waals surface area contributed by atoms with Gasteiger partial charge in [0, 0.05) is 0 Å². The van der Waals surface area contributed by atoms with Gasteiger partial charge in [-0.25, -0.2) is 0 Å². The van der Waals surface area contributed by atoms with E-state index in [1.54, 1.807) is 6.08 Å². The average molecular weight is 248 g/mol. The second kappa shape index (κ2) is 7.54. The fourth-order valence-electron chi connectivity index (χ4n) is 1.78. The van der Waals surface area contributed by atoms with Crippen LogP contribution in [-0.2, 0) is 4.79 Å². The summed E-state index contributed by atoms with van der Waals surface area (Å²) in [5.41, 5.74) is 2.16. The van der Waals surface area contributed by atoms with Crippen LogP contribution in [0.15, 0.2) is 30.3 Å². The SMILES string of the molecule is CCC/C(=C\CC(=O)O)c1ccc(OCC)cc1. The van der Waals surface area contributed by atoms with Crippen LogP contribution in [0.3, 0.4) is 0 Å². The molecule has 0 aliphatic heterocycles. The first-order chi connectivity index (χ1) is 8.67. The number of carbonyl (C=O) groups is 1. The molecule has 0 spiro atoms. The predicted octanol–water partition coefficient (Wildman–Crippen LogP) is 3.74. The van der Waals surface area contributed by atoms with E-state index in [-0.39, 0.29) is 6.42 Å². The third kappa shape index (κ3) is 4.62. The van der Waals surface area contributed by atoms with Gasteiger partial charge >= 0.3 is 5.97 Å². The lowest BCUT2D eigenvalue weighted by molar-refractivity contribution is -0.135. The molecule has 0 aliphatic rings. The molecule has 0 aromatic heterocycles. The van der Waals surface area contributed by atoms with Crippen molar-refractivity contribution in [1.29, 1.82) is 0 Å². The number of carboxylic acid groups (broad SMARTS) is 1. The Labute approximate surface area is 108 Å². The lowest BCUT2D eigenvalue weighted by Gasteiger charge is -2.08. The number of benzene rings is 1. The molecule has 0 radical (unpaired) electrons. The quantitative estimate of drug-likeness (QED) is 0.799. The summed E-state index contributed by atoms with van der Waals surface area (Å²) in [4.78, 5) is 10.6. The topological polar surface area (TPSA) is 46.5 Å². The van der Waals surface area contributed by atoms with Gasteiger partial charge in [-0.1, -0.05) is 31.6 Å². The molecule has 1 aromatic rings. The summed E-state index contributed by atoms with van der Waals surface area (Å²) in [6, 6.07) is 7.80. The molecule has 0 atom stereocenters. The van der Waals surface area contributed by atoms with E-state index in [1.807, 2.05) is 31.2 Å². The highest BCUT2D eigenvalue weighted by atomic mass is 16.5. The van der Waals surface area contributed by atoms with Gasteiger partial charge in [0.05, 0.1) is 13.0 Å². The minimum Gasteiger partial charge on any atom is -0.494 e. The summed E-state index contributed by atoms with van der Waals surface area (Å²) < 4.78 is 5.39. The lowest BCUT2D eigenvalue weighted by Crippen LogP contribution is -1.94. The summed E-state index contributed by atoms with van der Waals surface area (Å²) in [6.45, 7) is 4.68. The van der Waals surface area contributed by atoms with Gasteiger partial charge in [-0.2, -0.15) is 0 Å². The fourth-order valence-corrected chi connectivity index (χ4v) is 1.78. The van der Waals surface area contributed by atoms with Crippen molar-refractivity contribution in [2.24, 2.45) is 0 Å². The highest BCUT2D eigenvalue weighted by Gasteiger charge is 2.03. The van der Waals surface area contributed by atoms with Crippen LogP contribution >= 0.6 is 0 Å². The van der Waals surface area contributed by atoms with Crippen LogP contribution in [0.25, 0.3) is 5.57 Å². The summed E-state index contributed by atoms with van der Waals surface area (Å²) in [6.07, 6.45) is 3.75. The van der Waals surface area contributed by atoms with Crippen LogP contribution in [0.1, 0.15) is 38.7 Å². The Morgan fingerprint density at radius 1 is 1.28 bits per heavy atom. The number of rotatable bonds is 7. The Morgan fingerprint density at radius 3 is 2.44 bits per heavy atom. The number of carboxylic acids is 1. The molecule has 0 fully saturated rings. The average Bonchev–Trinajstić information content (AvgIpc) is 2.36. The molecular weight excluding hydrogens is 228 g/mol. The molecule has 0 saturated carbocycles. The highest BCUT2D eigenvalue weighted by Crippen LogP contribution is 2.23. The standard InChI is InChI=1S/C15H20O3/c1-3-5-12(8-11-15(16)17)13-6-9-14(10-7-13)18-4-2/h6-10H,3-5,11H2,1-2H3,(H,16,17)/b12-8+. The van der Waals surface area contributed by atoms with Crippen LogP contribution < -0.4 is 4.74 Å². The normalized spacial score (nSPS) is 11.3. The van der Waals surface area contributed by atoms with Crippen molar-refractivity contribution < 1.29 is 14.6 Å². The molecule has 3 nitrogen and oxygen atoms in total. The Bertz CT molecular complexity index is 404. The Hall–Kier alpha value is -1.77. The van der Waals surface area contributed by atoms with Crippen LogP contribution in [0.5, 0.6) is 5.75 Å². The van der Waals surface area contributed by atoms with E-state index >= 15 is 0 Å². The first kappa shape index (κ1) is 14.3. The second-order valence-electron chi connectivity index (χ2n) is 4.03. The molecule has 0 aliphatic carbocycles. The predicted molar refractivity (Wildman–Crippen MR) is 72.7 cm³/mol. The van der Waals surface area contributed by atoms with E-state index in [4.69, 9.17) is 9.84 Å². The van der Waals surface area contributed by atoms with Crippen molar-refractivity contribution in [2.45, 2.75) is 33.1 Å². The molecule has 0 amide bonds. The second-order valence-corrected chi connectivity index (χ2v) is 4.03. The third-order valence-corrected chi connectivity index (χ3v) is 2.58. The van der Waals surface area contributed by atoms with Crippen molar-refractivity contribution in [3.05, 3.63) is 35.9 Å². The van der Waals surface area contributed by atoms with Crippen molar-refractivity contribution in [3.8, 4) is 5.75 Å². The first-order valence-corrected chi connectivity index (χ1v) is 6.31. The smallest absolute Gasteiger partial charge is 0.307 e. The molecule has 0 bridgehead atoms. The summed E-state index contributed by atoms with van der Waals surface area (Å²) >= 11 is 0. The zero-order chi connectivity index (χ0) is 13.4. The zero-order valence-electron chi connectivity index (χ0n) is 11.0. The largest absolute Gasteiger partial charge is 0.494 e. The van der Waals surface area contributed by atoms with E-state index in [1.165, 1.54) is 0 Å². The minimum atomic E-state index is -0.797. The molecule has 0 unspecified atom stereocenters. The maximum Gasteiger partial charge on any atom is 0.307 e. The molecular formula is C15H20O3. The van der Waals surface area contributed by atoms with Gasteiger partial charge in [0.1, 0.15) is 5.75 Å². The molecule has 98 valence electrons. The van der Waals surface area contributed by atoms with E-state index in [2.05, 4.69) is 6.92 Å². The molecule has 18 heavy (non-hydrogen) atoms. The minimum absolute atomic E-state index is 0.0720. The number of hydrogen-bond acceptors (Lipinski definition) is 2. The number of allylic oxidation sites excluding steroid dienone is 1. The van der Waals surface area contributed by atoms with Gasteiger partial charge in [-0.15, -0.1) is 0 Å². The molecule has 0 saturated heterocycles. The van der Waals surface area contributed by atoms with Gasteiger partial charge in [0.25, 0.3) is 0 Å². The van der Waals surface area contributed by atoms with E-state index in [9.17, 15) is 4.79 Å². The first-order valence-electron chi connectivity index (χ1n) is 6.31. The van der Waals surface area contributed by atoms with E-state index in [0.717, 1.165) is 29.7 Å². The molecule has 3 heteroatoms. The fraction of sp³-hybridized carbons (Fsp3) is 0.400. The molecule has 1 rings (SSSR count). The van der Waals surface area contributed by atoms with Crippen molar-refractivity contribution in [3.63, 3.8) is 0 Å². The van der Waals surface area contributed by atoms with E-state index < -0.39 is 5.97 Å². The van der Waals surface area contributed by atoms with Gasteiger partial charge in [-0.05, 0) is 36.6 Å². The van der Waals surface area contributed by atoms with Crippen LogP contribution in [0.4, 0.5) is 0 Å². The summed E-state index contributed by atoms with van der Waals surface area (Å²) in [5.74, 6) is 0.0462. The lowest BCUT2D eigenvalue weighted by atomic mass is 10.0. The van der Waals surface area contributed by atoms with Crippen LogP contribution in [0.2, 0.25) is 0 Å². The van der Waals surface area contributed by atoms with E-state index in [0.29, 0.717) is 6.61 Å². The Balaban J connectivity index is 2.84. The van der Waals surface area contributed by atoms with Crippen molar-refractivity contribution in [2.75, 3.05) is 6.61 Å². The van der Waals surface area contributed by atoms with Crippen molar-refractivity contribution >= 4 is 11.5 Å². The van der Waals surface area contributed by atoms with Crippen molar-refractivity contribution in [1.82, 2.24) is 0 Å². The number of aliphatic carboxylic acids is 1. The van der Waals surface area contributed by atoms with Gasteiger partial charge in [0.15, 0.2) is 0 Å². The van der Waals surface area contributed by atoms with Gasteiger partial charge in [0.2, 0.25) is 0 Å². The summed E-state index contributed by atoms with van der Waals surface area (Å²) in [5, 5.41) is 8.73. The molecule has 0 heterocycles. The highest BCUT2D eigenvalue weighted by molar-refractivity contribution is 5.74.